The van der Waals surface area contributed by atoms with E-state index in [4.69, 9.17) is 0 Å². The van der Waals surface area contributed by atoms with Gasteiger partial charge in [-0.15, -0.1) is 0 Å². The van der Waals surface area contributed by atoms with Crippen LogP contribution in [0.25, 0.3) is 0 Å². The van der Waals surface area contributed by atoms with Crippen molar-refractivity contribution >= 4 is 17.3 Å². The summed E-state index contributed by atoms with van der Waals surface area (Å²) in [6, 6.07) is 8.50. The molecule has 2 unspecified atom stereocenters. The van der Waals surface area contributed by atoms with Crippen LogP contribution in [0.1, 0.15) is 77.6 Å². The highest BCUT2D eigenvalue weighted by atomic mass is 16.6. The van der Waals surface area contributed by atoms with Crippen LogP contribution in [0.3, 0.4) is 0 Å². The van der Waals surface area contributed by atoms with E-state index in [1.54, 1.807) is 30.0 Å². The summed E-state index contributed by atoms with van der Waals surface area (Å²) < 4.78 is 0. The molecule has 168 valence electrons. The van der Waals surface area contributed by atoms with Crippen molar-refractivity contribution in [1.82, 2.24) is 4.90 Å². The lowest BCUT2D eigenvalue weighted by Gasteiger charge is -2.56. The number of nitro benzene ring substituents is 1. The Hall–Kier alpha value is -1.95. The Morgan fingerprint density at radius 1 is 0.935 bits per heavy atom. The van der Waals surface area contributed by atoms with Gasteiger partial charge in [0.1, 0.15) is 5.69 Å². The number of hydrogen-bond donors (Lipinski definition) is 0. The Morgan fingerprint density at radius 3 is 2.16 bits per heavy atom. The first-order chi connectivity index (χ1) is 15.0. The number of nitro groups is 1. The van der Waals surface area contributed by atoms with E-state index in [1.807, 2.05) is 0 Å². The molecule has 2 heterocycles. The van der Waals surface area contributed by atoms with Crippen molar-refractivity contribution in [3.8, 4) is 0 Å². The van der Waals surface area contributed by atoms with Gasteiger partial charge in [0.25, 0.3) is 5.69 Å². The van der Waals surface area contributed by atoms with Crippen molar-refractivity contribution in [3.05, 3.63) is 34.4 Å². The van der Waals surface area contributed by atoms with Gasteiger partial charge in [-0.05, 0) is 62.8 Å². The zero-order chi connectivity index (χ0) is 21.5. The zero-order valence-corrected chi connectivity index (χ0v) is 18.6. The van der Waals surface area contributed by atoms with E-state index in [-0.39, 0.29) is 22.6 Å². The molecule has 1 aromatic rings. The number of anilines is 1. The highest BCUT2D eigenvalue weighted by Crippen LogP contribution is 2.47. The molecule has 4 aliphatic rings. The molecule has 4 fully saturated rings. The number of rotatable bonds is 4. The topological polar surface area (TPSA) is 66.7 Å². The number of fused-ring (bicyclic) bond motifs is 4. The maximum atomic E-state index is 12.7. The van der Waals surface area contributed by atoms with Crippen LogP contribution < -0.4 is 4.90 Å². The van der Waals surface area contributed by atoms with Crippen LogP contribution >= 0.6 is 0 Å². The quantitative estimate of drug-likeness (QED) is 0.485. The third-order valence-electron chi connectivity index (χ3n) is 8.57. The second-order valence-corrected chi connectivity index (χ2v) is 10.5. The van der Waals surface area contributed by atoms with Crippen LogP contribution in [0.4, 0.5) is 11.4 Å². The monoisotopic (exact) mass is 425 g/mol. The average molecular weight is 426 g/mol. The van der Waals surface area contributed by atoms with Crippen LogP contribution in [0.5, 0.6) is 0 Å². The smallest absolute Gasteiger partial charge is 0.292 e. The Morgan fingerprint density at radius 2 is 1.55 bits per heavy atom. The van der Waals surface area contributed by atoms with Crippen molar-refractivity contribution in [2.75, 3.05) is 4.90 Å². The average Bonchev–Trinajstić information content (AvgIpc) is 2.73. The first kappa shape index (κ1) is 20.9. The van der Waals surface area contributed by atoms with Crippen molar-refractivity contribution in [2.24, 2.45) is 11.8 Å². The van der Waals surface area contributed by atoms with E-state index < -0.39 is 0 Å². The van der Waals surface area contributed by atoms with E-state index in [0.29, 0.717) is 23.8 Å². The number of para-hydroxylation sites is 2. The lowest BCUT2D eigenvalue weighted by Crippen LogP contribution is -2.61. The second kappa shape index (κ2) is 8.53. The molecule has 31 heavy (non-hydrogen) atoms. The lowest BCUT2D eigenvalue weighted by molar-refractivity contribution is -0.384. The first-order valence-corrected chi connectivity index (χ1v) is 12.3. The zero-order valence-electron chi connectivity index (χ0n) is 18.6. The highest BCUT2D eigenvalue weighted by Gasteiger charge is 2.46. The summed E-state index contributed by atoms with van der Waals surface area (Å²) in [5.74, 6) is 1.74. The molecule has 2 saturated carbocycles. The molecule has 6 nitrogen and oxygen atoms in total. The molecular weight excluding hydrogens is 390 g/mol. The van der Waals surface area contributed by atoms with Gasteiger partial charge in [0.2, 0.25) is 5.91 Å². The number of amides is 1. The van der Waals surface area contributed by atoms with Crippen molar-refractivity contribution in [3.63, 3.8) is 0 Å². The predicted molar refractivity (Wildman–Crippen MR) is 121 cm³/mol. The Labute approximate surface area is 185 Å². The molecule has 2 saturated heterocycles. The molecule has 6 atom stereocenters. The predicted octanol–water partition coefficient (Wildman–Crippen LogP) is 5.30. The number of hydrogen-bond acceptors (Lipinski definition) is 4. The van der Waals surface area contributed by atoms with Gasteiger partial charge in [0, 0.05) is 37.2 Å². The molecule has 2 aliphatic heterocycles. The summed E-state index contributed by atoms with van der Waals surface area (Å²) >= 11 is 0. The van der Waals surface area contributed by atoms with E-state index in [0.717, 1.165) is 24.7 Å². The summed E-state index contributed by atoms with van der Waals surface area (Å²) in [5.41, 5.74) is 0.495. The molecule has 0 aromatic heterocycles. The van der Waals surface area contributed by atoms with Gasteiger partial charge in [0.15, 0.2) is 0 Å². The van der Waals surface area contributed by atoms with Crippen molar-refractivity contribution < 1.29 is 9.72 Å². The number of nitrogens with zero attached hydrogens (tertiary/aromatic N) is 3. The van der Waals surface area contributed by atoms with Gasteiger partial charge in [-0.3, -0.25) is 19.8 Å². The van der Waals surface area contributed by atoms with Crippen LogP contribution in [0.2, 0.25) is 0 Å². The summed E-state index contributed by atoms with van der Waals surface area (Å²) in [6.45, 7) is 1.56. The number of carbonyl (C=O) groups is 1. The molecule has 4 bridgehead atoms. The minimum absolute atomic E-state index is 0.0328. The fraction of sp³-hybridized carbons (Fsp3) is 0.720. The van der Waals surface area contributed by atoms with Gasteiger partial charge in [-0.25, -0.2) is 0 Å². The Balaban J connectivity index is 1.39. The minimum Gasteiger partial charge on any atom is -0.303 e. The fourth-order valence-electron chi connectivity index (χ4n) is 7.58. The van der Waals surface area contributed by atoms with Crippen LogP contribution in [-0.2, 0) is 4.79 Å². The van der Waals surface area contributed by atoms with E-state index >= 15 is 0 Å². The SMILES string of the molecule is CC(=O)N(c1ccccc1[N+](=O)[O-])C1C[C@H]2CCC[C@@H](C1)N2C1C[C@H]2CCC[C@@H](C1)C2. The van der Waals surface area contributed by atoms with Gasteiger partial charge in [-0.2, -0.15) is 0 Å². The second-order valence-electron chi connectivity index (χ2n) is 10.5. The number of piperidine rings is 2. The van der Waals surface area contributed by atoms with Gasteiger partial charge >= 0.3 is 0 Å². The molecular formula is C25H35N3O3. The molecule has 1 amide bonds. The third kappa shape index (κ3) is 3.99. The molecule has 0 radical (unpaired) electrons. The summed E-state index contributed by atoms with van der Waals surface area (Å²) in [4.78, 5) is 28.6. The molecule has 5 rings (SSSR count). The summed E-state index contributed by atoms with van der Waals surface area (Å²) in [6.07, 6.45) is 13.9. The molecule has 0 N–H and O–H groups in total. The maximum absolute atomic E-state index is 12.7. The third-order valence-corrected chi connectivity index (χ3v) is 8.57. The minimum atomic E-state index is -0.359. The molecule has 2 aliphatic carbocycles. The largest absolute Gasteiger partial charge is 0.303 e. The van der Waals surface area contributed by atoms with E-state index in [2.05, 4.69) is 4.90 Å². The first-order valence-electron chi connectivity index (χ1n) is 12.3. The van der Waals surface area contributed by atoms with E-state index in [1.165, 1.54) is 63.9 Å². The standard InChI is InChI=1S/C25H35N3O3/c1-17(29)26(24-10-2-3-11-25(24)28(30)31)23-15-20-8-5-9-21(16-23)27(20)22-13-18-6-4-7-19(12-18)14-22/h2-3,10-11,18-23H,4-9,12-16H2,1H3/t18-,19+,20-,21+,22?,23?. The Kier molecular flexibility index (Phi) is 5.76. The highest BCUT2D eigenvalue weighted by molar-refractivity contribution is 5.94. The number of benzene rings is 1. The molecule has 6 heteroatoms. The number of carbonyl (C=O) groups excluding carboxylic acids is 1. The fourth-order valence-corrected chi connectivity index (χ4v) is 7.58. The molecule has 1 aromatic carbocycles. The maximum Gasteiger partial charge on any atom is 0.292 e. The summed E-state index contributed by atoms with van der Waals surface area (Å²) in [7, 11) is 0. The normalized spacial score (nSPS) is 35.4. The van der Waals surface area contributed by atoms with Gasteiger partial charge in [-0.1, -0.05) is 37.8 Å². The van der Waals surface area contributed by atoms with Crippen LogP contribution in [0.15, 0.2) is 24.3 Å². The van der Waals surface area contributed by atoms with E-state index in [9.17, 15) is 14.9 Å². The van der Waals surface area contributed by atoms with Crippen LogP contribution in [0, 0.1) is 22.0 Å². The van der Waals surface area contributed by atoms with Crippen LogP contribution in [-0.4, -0.2) is 39.9 Å². The summed E-state index contributed by atoms with van der Waals surface area (Å²) in [5, 5.41) is 11.6. The lowest BCUT2D eigenvalue weighted by atomic mass is 9.68. The van der Waals surface area contributed by atoms with Crippen molar-refractivity contribution in [2.45, 2.75) is 102 Å². The molecule has 0 spiro atoms. The van der Waals surface area contributed by atoms with Gasteiger partial charge < -0.3 is 4.90 Å². The van der Waals surface area contributed by atoms with Gasteiger partial charge in [0.05, 0.1) is 4.92 Å². The van der Waals surface area contributed by atoms with Crippen molar-refractivity contribution in [1.29, 1.82) is 0 Å². The Bertz CT molecular complexity index is 817.